The van der Waals surface area contributed by atoms with Crippen LogP contribution in [0.3, 0.4) is 0 Å². The third-order valence-electron chi connectivity index (χ3n) is 4.54. The van der Waals surface area contributed by atoms with E-state index in [4.69, 9.17) is 0 Å². The second-order valence-corrected chi connectivity index (χ2v) is 6.20. The first-order valence-corrected chi connectivity index (χ1v) is 8.37. The van der Waals surface area contributed by atoms with Crippen molar-refractivity contribution in [3.8, 4) is 0 Å². The summed E-state index contributed by atoms with van der Waals surface area (Å²) >= 11 is 0. The number of hydrogen-bond acceptors (Lipinski definition) is 1. The molecule has 3 heteroatoms. The van der Waals surface area contributed by atoms with Gasteiger partial charge in [-0.1, -0.05) is 54.1 Å². The average Bonchev–Trinajstić information content (AvgIpc) is 2.98. The molecule has 0 bridgehead atoms. The van der Waals surface area contributed by atoms with Crippen LogP contribution in [0, 0.1) is 6.92 Å². The van der Waals surface area contributed by atoms with E-state index in [0.717, 1.165) is 12.8 Å². The Morgan fingerprint density at radius 1 is 1.17 bits per heavy atom. The summed E-state index contributed by atoms with van der Waals surface area (Å²) in [5.41, 5.74) is 5.08. The van der Waals surface area contributed by atoms with Gasteiger partial charge in [0.25, 0.3) is 0 Å². The Labute approximate surface area is 138 Å². The largest absolute Gasteiger partial charge is 0.338 e. The highest BCUT2D eigenvalue weighted by Crippen LogP contribution is 2.36. The second kappa shape index (κ2) is 6.86. The normalized spacial score (nSPS) is 16.0. The number of carbonyl (C=O) groups is 1. The van der Waals surface area contributed by atoms with E-state index in [9.17, 15) is 4.79 Å². The number of aryl methyl sites for hydroxylation is 2. The maximum Gasteiger partial charge on any atom is 0.318 e. The second-order valence-electron chi connectivity index (χ2n) is 6.20. The predicted octanol–water partition coefficient (Wildman–Crippen LogP) is 4.21. The van der Waals surface area contributed by atoms with Crippen LogP contribution in [0.5, 0.6) is 0 Å². The lowest BCUT2D eigenvalue weighted by molar-refractivity contribution is 0.170. The van der Waals surface area contributed by atoms with Crippen molar-refractivity contribution in [2.24, 2.45) is 0 Å². The molecule has 0 saturated heterocycles. The first kappa shape index (κ1) is 15.6. The van der Waals surface area contributed by atoms with E-state index in [1.54, 1.807) is 0 Å². The Bertz CT molecular complexity index is 678. The van der Waals surface area contributed by atoms with Gasteiger partial charge in [-0.05, 0) is 43.4 Å². The summed E-state index contributed by atoms with van der Waals surface area (Å²) in [6, 6.07) is 17.1. The Morgan fingerprint density at radius 2 is 1.91 bits per heavy atom. The quantitative estimate of drug-likeness (QED) is 0.901. The molecule has 0 saturated carbocycles. The highest BCUT2D eigenvalue weighted by Gasteiger charge is 2.30. The molecule has 2 aromatic carbocycles. The first-order valence-electron chi connectivity index (χ1n) is 8.37. The van der Waals surface area contributed by atoms with E-state index in [-0.39, 0.29) is 12.1 Å². The molecular formula is C20H24N2O. The molecule has 0 heterocycles. The number of benzene rings is 2. The van der Waals surface area contributed by atoms with Gasteiger partial charge in [0.2, 0.25) is 0 Å². The van der Waals surface area contributed by atoms with Crippen molar-refractivity contribution in [1.29, 1.82) is 0 Å². The molecule has 1 N–H and O–H groups in total. The molecule has 0 unspecified atom stereocenters. The number of amides is 2. The lowest BCUT2D eigenvalue weighted by atomic mass is 10.1. The topological polar surface area (TPSA) is 32.3 Å². The Balaban J connectivity index is 1.87. The van der Waals surface area contributed by atoms with Crippen LogP contribution in [0.25, 0.3) is 0 Å². The number of rotatable bonds is 4. The van der Waals surface area contributed by atoms with Gasteiger partial charge in [0, 0.05) is 13.1 Å². The van der Waals surface area contributed by atoms with Crippen molar-refractivity contribution in [2.45, 2.75) is 39.3 Å². The highest BCUT2D eigenvalue weighted by molar-refractivity contribution is 5.75. The van der Waals surface area contributed by atoms with Crippen molar-refractivity contribution < 1.29 is 4.79 Å². The SMILES string of the molecule is CCNC(=O)N(Cc1ccc(C)cc1)[C@H]1CCc2ccccc21. The molecule has 0 spiro atoms. The molecule has 3 rings (SSSR count). The van der Waals surface area contributed by atoms with Crippen molar-refractivity contribution in [3.63, 3.8) is 0 Å². The molecule has 0 fully saturated rings. The van der Waals surface area contributed by atoms with Crippen LogP contribution in [-0.2, 0) is 13.0 Å². The summed E-state index contributed by atoms with van der Waals surface area (Å²) < 4.78 is 0. The van der Waals surface area contributed by atoms with Gasteiger partial charge in [0.05, 0.1) is 6.04 Å². The van der Waals surface area contributed by atoms with Crippen LogP contribution in [-0.4, -0.2) is 17.5 Å². The monoisotopic (exact) mass is 308 g/mol. The summed E-state index contributed by atoms with van der Waals surface area (Å²) in [4.78, 5) is 14.6. The van der Waals surface area contributed by atoms with Crippen LogP contribution in [0.4, 0.5) is 4.79 Å². The van der Waals surface area contributed by atoms with Gasteiger partial charge in [0.15, 0.2) is 0 Å². The highest BCUT2D eigenvalue weighted by atomic mass is 16.2. The molecule has 0 radical (unpaired) electrons. The standard InChI is InChI=1S/C20H24N2O/c1-3-21-20(23)22(14-16-10-8-15(2)9-11-16)19-13-12-17-6-4-5-7-18(17)19/h4-11,19H,3,12-14H2,1-2H3,(H,21,23)/t19-/m0/s1. The molecule has 23 heavy (non-hydrogen) atoms. The van der Waals surface area contributed by atoms with Crippen LogP contribution in [0.2, 0.25) is 0 Å². The summed E-state index contributed by atoms with van der Waals surface area (Å²) in [7, 11) is 0. The van der Waals surface area contributed by atoms with E-state index in [2.05, 4.69) is 60.8 Å². The Kier molecular flexibility index (Phi) is 4.65. The molecule has 0 aromatic heterocycles. The van der Waals surface area contributed by atoms with Crippen molar-refractivity contribution in [3.05, 3.63) is 70.8 Å². The summed E-state index contributed by atoms with van der Waals surface area (Å²) in [6.07, 6.45) is 2.05. The molecule has 1 aliphatic carbocycles. The van der Waals surface area contributed by atoms with E-state index in [1.807, 2.05) is 11.8 Å². The molecule has 0 aliphatic heterocycles. The fourth-order valence-electron chi connectivity index (χ4n) is 3.32. The number of urea groups is 1. The van der Waals surface area contributed by atoms with Crippen LogP contribution in [0.15, 0.2) is 48.5 Å². The molecule has 120 valence electrons. The van der Waals surface area contributed by atoms with Crippen LogP contribution in [0.1, 0.15) is 41.6 Å². The fourth-order valence-corrected chi connectivity index (χ4v) is 3.32. The smallest absolute Gasteiger partial charge is 0.318 e. The number of fused-ring (bicyclic) bond motifs is 1. The predicted molar refractivity (Wildman–Crippen MR) is 93.3 cm³/mol. The van der Waals surface area contributed by atoms with Crippen molar-refractivity contribution in [1.82, 2.24) is 10.2 Å². The van der Waals surface area contributed by atoms with Crippen molar-refractivity contribution >= 4 is 6.03 Å². The van der Waals surface area contributed by atoms with Crippen molar-refractivity contribution in [2.75, 3.05) is 6.54 Å². The van der Waals surface area contributed by atoms with E-state index in [1.165, 1.54) is 22.3 Å². The van der Waals surface area contributed by atoms with Gasteiger partial charge in [0.1, 0.15) is 0 Å². The molecule has 1 aliphatic rings. The zero-order valence-electron chi connectivity index (χ0n) is 13.9. The molecule has 2 aromatic rings. The molecular weight excluding hydrogens is 284 g/mol. The lowest BCUT2D eigenvalue weighted by Gasteiger charge is -2.30. The van der Waals surface area contributed by atoms with E-state index < -0.39 is 0 Å². The first-order chi connectivity index (χ1) is 11.2. The number of hydrogen-bond donors (Lipinski definition) is 1. The number of carbonyl (C=O) groups excluding carboxylic acids is 1. The van der Waals surface area contributed by atoms with Crippen LogP contribution >= 0.6 is 0 Å². The van der Waals surface area contributed by atoms with Gasteiger partial charge in [-0.2, -0.15) is 0 Å². The van der Waals surface area contributed by atoms with Gasteiger partial charge >= 0.3 is 6.03 Å². The fraction of sp³-hybridized carbons (Fsp3) is 0.350. The summed E-state index contributed by atoms with van der Waals surface area (Å²) in [5.74, 6) is 0. The Morgan fingerprint density at radius 3 is 2.65 bits per heavy atom. The van der Waals surface area contributed by atoms with E-state index in [0.29, 0.717) is 13.1 Å². The maximum atomic E-state index is 12.6. The van der Waals surface area contributed by atoms with Gasteiger partial charge < -0.3 is 10.2 Å². The average molecular weight is 308 g/mol. The number of nitrogens with one attached hydrogen (secondary N) is 1. The van der Waals surface area contributed by atoms with Crippen LogP contribution < -0.4 is 5.32 Å². The minimum absolute atomic E-state index is 0.0229. The zero-order chi connectivity index (χ0) is 16.2. The summed E-state index contributed by atoms with van der Waals surface area (Å²) in [5, 5.41) is 2.97. The molecule has 2 amide bonds. The number of nitrogens with zero attached hydrogens (tertiary/aromatic N) is 1. The Hall–Kier alpha value is -2.29. The van der Waals surface area contributed by atoms with Gasteiger partial charge in [-0.3, -0.25) is 0 Å². The lowest BCUT2D eigenvalue weighted by Crippen LogP contribution is -2.41. The maximum absolute atomic E-state index is 12.6. The summed E-state index contributed by atoms with van der Waals surface area (Å²) in [6.45, 7) is 5.34. The minimum atomic E-state index is 0.0229. The van der Waals surface area contributed by atoms with Gasteiger partial charge in [-0.25, -0.2) is 4.79 Å². The zero-order valence-corrected chi connectivity index (χ0v) is 13.9. The third kappa shape index (κ3) is 3.39. The third-order valence-corrected chi connectivity index (χ3v) is 4.54. The van der Waals surface area contributed by atoms with E-state index >= 15 is 0 Å². The minimum Gasteiger partial charge on any atom is -0.338 e. The van der Waals surface area contributed by atoms with Gasteiger partial charge in [-0.15, -0.1) is 0 Å². The molecule has 3 nitrogen and oxygen atoms in total. The molecule has 1 atom stereocenters.